The van der Waals surface area contributed by atoms with Gasteiger partial charge < -0.3 is 14.8 Å². The molecule has 2 aromatic carbocycles. The molecule has 6 heteroatoms. The van der Waals surface area contributed by atoms with E-state index in [1.807, 2.05) is 18.2 Å². The molecule has 0 unspecified atom stereocenters. The van der Waals surface area contributed by atoms with E-state index in [0.717, 1.165) is 22.5 Å². The summed E-state index contributed by atoms with van der Waals surface area (Å²) in [6.07, 6.45) is 2.42. The molecule has 0 saturated carbocycles. The zero-order valence-electron chi connectivity index (χ0n) is 11.7. The van der Waals surface area contributed by atoms with E-state index >= 15 is 0 Å². The molecule has 0 bridgehead atoms. The molecule has 3 aromatic rings. The third kappa shape index (κ3) is 2.09. The molecule has 0 spiro atoms. The minimum absolute atomic E-state index is 0.741. The van der Waals surface area contributed by atoms with Gasteiger partial charge in [-0.25, -0.2) is 0 Å². The molecular formula is C16H13BN2O3. The maximum atomic E-state index is 8.83. The van der Waals surface area contributed by atoms with Crippen molar-refractivity contribution in [3.8, 4) is 22.4 Å². The molecular weight excluding hydrogens is 279 g/mol. The van der Waals surface area contributed by atoms with Crippen LogP contribution in [-0.4, -0.2) is 27.3 Å². The van der Waals surface area contributed by atoms with E-state index in [1.54, 1.807) is 12.3 Å². The second-order valence-electron chi connectivity index (χ2n) is 5.20. The number of hydrogen-bond acceptors (Lipinski definition) is 4. The van der Waals surface area contributed by atoms with Crippen LogP contribution in [0.4, 0.5) is 0 Å². The van der Waals surface area contributed by atoms with Gasteiger partial charge in [0, 0.05) is 5.56 Å². The molecule has 0 fully saturated rings. The Balaban J connectivity index is 1.77. The lowest BCUT2D eigenvalue weighted by molar-refractivity contribution is 0.141. The molecule has 0 aliphatic heterocycles. The molecule has 0 amide bonds. The number of nitrogens with zero attached hydrogens (tertiary/aromatic N) is 2. The lowest BCUT2D eigenvalue weighted by atomic mass is 9.99. The van der Waals surface area contributed by atoms with E-state index in [2.05, 4.69) is 29.4 Å². The van der Waals surface area contributed by atoms with Crippen molar-refractivity contribution in [2.45, 2.75) is 6.42 Å². The highest BCUT2D eigenvalue weighted by Crippen LogP contribution is 2.40. The fourth-order valence-electron chi connectivity index (χ4n) is 3.00. The van der Waals surface area contributed by atoms with Gasteiger partial charge in [-0.05, 0) is 34.7 Å². The first-order chi connectivity index (χ1) is 10.7. The van der Waals surface area contributed by atoms with Crippen molar-refractivity contribution < 1.29 is 14.8 Å². The van der Waals surface area contributed by atoms with Gasteiger partial charge in [0.2, 0.25) is 0 Å². The Hall–Kier alpha value is -2.57. The Morgan fingerprint density at radius 1 is 0.955 bits per heavy atom. The maximum Gasteiger partial charge on any atom is 0.729 e. The number of fused-ring (bicyclic) bond motifs is 3. The van der Waals surface area contributed by atoms with Gasteiger partial charge >= 0.3 is 7.32 Å². The zero-order valence-corrected chi connectivity index (χ0v) is 11.7. The van der Waals surface area contributed by atoms with Gasteiger partial charge in [0.05, 0.1) is 11.9 Å². The van der Waals surface area contributed by atoms with E-state index in [4.69, 9.17) is 14.8 Å². The fourth-order valence-corrected chi connectivity index (χ4v) is 3.00. The minimum atomic E-state index is -1.89. The Morgan fingerprint density at radius 2 is 1.73 bits per heavy atom. The van der Waals surface area contributed by atoms with Crippen LogP contribution in [0.15, 0.2) is 54.7 Å². The second kappa shape index (κ2) is 5.01. The summed E-state index contributed by atoms with van der Waals surface area (Å²) in [5, 5.41) is 21.9. The Kier molecular flexibility index (Phi) is 2.99. The molecule has 5 nitrogen and oxygen atoms in total. The van der Waals surface area contributed by atoms with Crippen LogP contribution in [0.2, 0.25) is 0 Å². The Labute approximate surface area is 127 Å². The van der Waals surface area contributed by atoms with E-state index in [9.17, 15) is 0 Å². The average molecular weight is 292 g/mol. The van der Waals surface area contributed by atoms with Crippen LogP contribution in [0.5, 0.6) is 0 Å². The molecule has 108 valence electrons. The van der Waals surface area contributed by atoms with Crippen molar-refractivity contribution in [3.05, 3.63) is 65.9 Å². The van der Waals surface area contributed by atoms with Crippen molar-refractivity contribution in [1.29, 1.82) is 0 Å². The topological polar surface area (TPSA) is 67.5 Å². The van der Waals surface area contributed by atoms with Crippen LogP contribution in [0, 0.1) is 0 Å². The summed E-state index contributed by atoms with van der Waals surface area (Å²) in [4.78, 5) is 1.06. The van der Waals surface area contributed by atoms with Gasteiger partial charge in [-0.1, -0.05) is 42.5 Å². The van der Waals surface area contributed by atoms with E-state index in [1.165, 1.54) is 22.3 Å². The van der Waals surface area contributed by atoms with Crippen LogP contribution in [0.25, 0.3) is 22.4 Å². The number of hydrogen-bond donors (Lipinski definition) is 2. The van der Waals surface area contributed by atoms with Gasteiger partial charge in [-0.3, -0.25) is 0 Å². The van der Waals surface area contributed by atoms with Crippen LogP contribution in [-0.2, 0) is 6.42 Å². The Morgan fingerprint density at radius 3 is 2.59 bits per heavy atom. The predicted molar refractivity (Wildman–Crippen MR) is 82.7 cm³/mol. The largest absolute Gasteiger partial charge is 0.729 e. The molecule has 1 aromatic heterocycles. The standard InChI is InChI=1S/C16H13BN2O3/c20-17(21)22-19-9-8-16(18-19)14-7-3-6-13-12-5-2-1-4-11(12)10-15(13)14/h1-9,20-21H,10H2. The van der Waals surface area contributed by atoms with Crippen molar-refractivity contribution in [1.82, 2.24) is 9.94 Å². The fraction of sp³-hybridized carbons (Fsp3) is 0.0625. The molecule has 0 radical (unpaired) electrons. The Bertz CT molecular complexity index is 845. The van der Waals surface area contributed by atoms with Crippen molar-refractivity contribution in [3.63, 3.8) is 0 Å². The van der Waals surface area contributed by atoms with Gasteiger partial charge in [0.1, 0.15) is 0 Å². The highest BCUT2D eigenvalue weighted by Gasteiger charge is 2.22. The molecule has 22 heavy (non-hydrogen) atoms. The van der Waals surface area contributed by atoms with Gasteiger partial charge in [0.15, 0.2) is 0 Å². The first-order valence-corrected chi connectivity index (χ1v) is 7.02. The van der Waals surface area contributed by atoms with E-state index < -0.39 is 7.32 Å². The molecule has 1 heterocycles. The first-order valence-electron chi connectivity index (χ1n) is 7.02. The first kappa shape index (κ1) is 13.1. The molecule has 2 N–H and O–H groups in total. The molecule has 1 aliphatic rings. The third-order valence-electron chi connectivity index (χ3n) is 3.90. The van der Waals surface area contributed by atoms with Gasteiger partial charge in [-0.2, -0.15) is 0 Å². The highest BCUT2D eigenvalue weighted by atomic mass is 16.7. The lowest BCUT2D eigenvalue weighted by Crippen LogP contribution is -2.29. The van der Waals surface area contributed by atoms with Gasteiger partial charge in [-0.15, -0.1) is 9.94 Å². The molecule has 4 rings (SSSR count). The highest BCUT2D eigenvalue weighted by molar-refractivity contribution is 6.32. The second-order valence-corrected chi connectivity index (χ2v) is 5.20. The summed E-state index contributed by atoms with van der Waals surface area (Å²) in [5.74, 6) is 0. The molecule has 1 aliphatic carbocycles. The number of benzene rings is 2. The van der Waals surface area contributed by atoms with Crippen LogP contribution in [0.3, 0.4) is 0 Å². The number of rotatable bonds is 3. The predicted octanol–water partition coefficient (Wildman–Crippen LogP) is 1.52. The van der Waals surface area contributed by atoms with Crippen LogP contribution >= 0.6 is 0 Å². The smallest absolute Gasteiger partial charge is 0.405 e. The van der Waals surface area contributed by atoms with Crippen molar-refractivity contribution in [2.24, 2.45) is 0 Å². The molecule has 0 saturated heterocycles. The lowest BCUT2D eigenvalue weighted by Gasteiger charge is -2.06. The molecule has 0 atom stereocenters. The average Bonchev–Trinajstić information content (AvgIpc) is 3.10. The summed E-state index contributed by atoms with van der Waals surface area (Å²) >= 11 is 0. The summed E-state index contributed by atoms with van der Waals surface area (Å²) < 4.78 is 4.71. The third-order valence-corrected chi connectivity index (χ3v) is 3.90. The quantitative estimate of drug-likeness (QED) is 0.562. The summed E-state index contributed by atoms with van der Waals surface area (Å²) in [6, 6.07) is 16.3. The monoisotopic (exact) mass is 292 g/mol. The van der Waals surface area contributed by atoms with E-state index in [-0.39, 0.29) is 0 Å². The van der Waals surface area contributed by atoms with Crippen molar-refractivity contribution >= 4 is 7.32 Å². The summed E-state index contributed by atoms with van der Waals surface area (Å²) in [7, 11) is -1.89. The summed E-state index contributed by atoms with van der Waals surface area (Å²) in [6.45, 7) is 0. The summed E-state index contributed by atoms with van der Waals surface area (Å²) in [5.41, 5.74) is 6.81. The van der Waals surface area contributed by atoms with Crippen LogP contribution in [0.1, 0.15) is 11.1 Å². The minimum Gasteiger partial charge on any atom is -0.405 e. The maximum absolute atomic E-state index is 8.83. The van der Waals surface area contributed by atoms with Crippen LogP contribution < -0.4 is 4.76 Å². The number of aromatic nitrogens is 2. The normalized spacial score (nSPS) is 11.9. The SMILES string of the molecule is OB(O)On1ccc(-c2cccc3c2Cc2ccccc2-3)n1. The van der Waals surface area contributed by atoms with Crippen molar-refractivity contribution in [2.75, 3.05) is 0 Å². The van der Waals surface area contributed by atoms with Gasteiger partial charge in [0.25, 0.3) is 0 Å². The van der Waals surface area contributed by atoms with E-state index in [0.29, 0.717) is 0 Å². The zero-order chi connectivity index (χ0) is 15.1.